The lowest BCUT2D eigenvalue weighted by Gasteiger charge is -2.28. The van der Waals surface area contributed by atoms with Crippen molar-refractivity contribution in [2.45, 2.75) is 38.1 Å². The van der Waals surface area contributed by atoms with Crippen molar-refractivity contribution in [3.8, 4) is 22.9 Å². The van der Waals surface area contributed by atoms with Crippen molar-refractivity contribution in [2.24, 2.45) is 0 Å². The second kappa shape index (κ2) is 11.7. The molecule has 1 amide bonds. The van der Waals surface area contributed by atoms with Gasteiger partial charge < -0.3 is 19.3 Å². The SMILES string of the molecule is COc1ccc(-c2noc(CCCC(=O)NCC(c3ccc(OC)cc3)N3CCCC3)n2)cc1. The van der Waals surface area contributed by atoms with E-state index in [1.165, 1.54) is 18.4 Å². The van der Waals surface area contributed by atoms with Gasteiger partial charge in [-0.2, -0.15) is 4.98 Å². The van der Waals surface area contributed by atoms with Crippen molar-refractivity contribution < 1.29 is 18.8 Å². The molecule has 1 saturated heterocycles. The van der Waals surface area contributed by atoms with E-state index in [0.29, 0.717) is 37.5 Å². The molecule has 0 radical (unpaired) electrons. The Hall–Kier alpha value is -3.39. The summed E-state index contributed by atoms with van der Waals surface area (Å²) in [6.45, 7) is 2.70. The average Bonchev–Trinajstić information content (AvgIpc) is 3.58. The van der Waals surface area contributed by atoms with Crippen LogP contribution in [0.1, 0.15) is 43.2 Å². The molecule has 1 aliphatic rings. The van der Waals surface area contributed by atoms with Crippen molar-refractivity contribution >= 4 is 5.91 Å². The zero-order chi connectivity index (χ0) is 23.8. The highest BCUT2D eigenvalue weighted by atomic mass is 16.5. The van der Waals surface area contributed by atoms with Crippen LogP contribution in [0.15, 0.2) is 53.1 Å². The lowest BCUT2D eigenvalue weighted by atomic mass is 10.0. The molecule has 1 fully saturated rings. The number of rotatable bonds is 11. The molecule has 8 heteroatoms. The van der Waals surface area contributed by atoms with Crippen LogP contribution in [-0.2, 0) is 11.2 Å². The summed E-state index contributed by atoms with van der Waals surface area (Å²) in [5.41, 5.74) is 2.06. The van der Waals surface area contributed by atoms with Crippen LogP contribution < -0.4 is 14.8 Å². The fourth-order valence-electron chi connectivity index (χ4n) is 4.25. The lowest BCUT2D eigenvalue weighted by Crippen LogP contribution is -2.36. The molecular formula is C26H32N4O4. The normalized spacial score (nSPS) is 14.6. The van der Waals surface area contributed by atoms with Gasteiger partial charge in [-0.15, -0.1) is 0 Å². The summed E-state index contributed by atoms with van der Waals surface area (Å²) in [5.74, 6) is 2.72. The van der Waals surface area contributed by atoms with Gasteiger partial charge in [-0.1, -0.05) is 17.3 Å². The first kappa shape index (κ1) is 23.8. The second-order valence-corrected chi connectivity index (χ2v) is 8.43. The number of benzene rings is 2. The summed E-state index contributed by atoms with van der Waals surface area (Å²) < 4.78 is 15.8. The van der Waals surface area contributed by atoms with E-state index in [9.17, 15) is 4.79 Å². The Kier molecular flexibility index (Phi) is 8.14. The molecule has 1 aromatic heterocycles. The maximum absolute atomic E-state index is 12.5. The second-order valence-electron chi connectivity index (χ2n) is 8.43. The largest absolute Gasteiger partial charge is 0.497 e. The molecular weight excluding hydrogens is 432 g/mol. The first-order valence-electron chi connectivity index (χ1n) is 11.8. The fraction of sp³-hybridized carbons (Fsp3) is 0.423. The monoisotopic (exact) mass is 464 g/mol. The summed E-state index contributed by atoms with van der Waals surface area (Å²) in [5, 5.41) is 7.17. The van der Waals surface area contributed by atoms with Gasteiger partial charge in [-0.05, 0) is 74.3 Å². The molecule has 0 aliphatic carbocycles. The average molecular weight is 465 g/mol. The summed E-state index contributed by atoms with van der Waals surface area (Å²) in [4.78, 5) is 19.4. The fourth-order valence-corrected chi connectivity index (χ4v) is 4.25. The number of nitrogens with one attached hydrogen (secondary N) is 1. The van der Waals surface area contributed by atoms with E-state index in [2.05, 4.69) is 32.5 Å². The minimum atomic E-state index is 0.0348. The minimum Gasteiger partial charge on any atom is -0.497 e. The standard InChI is InChI=1S/C26H32N4O4/c1-32-21-12-8-19(9-13-21)23(30-16-3-4-17-30)18-27-24(31)6-5-7-25-28-26(29-34-25)20-10-14-22(33-2)15-11-20/h8-15,23H,3-7,16-18H2,1-2H3,(H,27,31). The molecule has 1 atom stereocenters. The van der Waals surface area contributed by atoms with Gasteiger partial charge >= 0.3 is 0 Å². The minimum absolute atomic E-state index is 0.0348. The number of hydrogen-bond donors (Lipinski definition) is 1. The maximum atomic E-state index is 12.5. The molecule has 2 heterocycles. The van der Waals surface area contributed by atoms with Crippen molar-refractivity contribution in [1.29, 1.82) is 0 Å². The molecule has 8 nitrogen and oxygen atoms in total. The Bertz CT molecular complexity index is 1040. The third-order valence-corrected chi connectivity index (χ3v) is 6.19. The number of carbonyl (C=O) groups excluding carboxylic acids is 1. The summed E-state index contributed by atoms with van der Waals surface area (Å²) in [6.07, 6.45) is 4.01. The van der Waals surface area contributed by atoms with Crippen LogP contribution in [0.2, 0.25) is 0 Å². The van der Waals surface area contributed by atoms with Crippen LogP contribution in [0.4, 0.5) is 0 Å². The van der Waals surface area contributed by atoms with Crippen LogP contribution in [0.25, 0.3) is 11.4 Å². The molecule has 180 valence electrons. The Morgan fingerprint density at radius 3 is 2.32 bits per heavy atom. The topological polar surface area (TPSA) is 89.7 Å². The number of methoxy groups -OCH3 is 2. The Morgan fingerprint density at radius 2 is 1.68 bits per heavy atom. The van der Waals surface area contributed by atoms with Crippen LogP contribution in [0.3, 0.4) is 0 Å². The molecule has 4 rings (SSSR count). The first-order valence-corrected chi connectivity index (χ1v) is 11.8. The van der Waals surface area contributed by atoms with Gasteiger partial charge in [-0.3, -0.25) is 9.69 Å². The van der Waals surface area contributed by atoms with E-state index in [1.54, 1.807) is 14.2 Å². The summed E-state index contributed by atoms with van der Waals surface area (Å²) in [6, 6.07) is 15.8. The highest BCUT2D eigenvalue weighted by Crippen LogP contribution is 2.26. The number of aromatic nitrogens is 2. The Labute approximate surface area is 200 Å². The molecule has 34 heavy (non-hydrogen) atoms. The van der Waals surface area contributed by atoms with E-state index in [4.69, 9.17) is 14.0 Å². The Morgan fingerprint density at radius 1 is 1.03 bits per heavy atom. The zero-order valence-electron chi connectivity index (χ0n) is 19.8. The van der Waals surface area contributed by atoms with Gasteiger partial charge in [-0.25, -0.2) is 0 Å². The van der Waals surface area contributed by atoms with Gasteiger partial charge in [0.2, 0.25) is 17.6 Å². The van der Waals surface area contributed by atoms with Crippen LogP contribution >= 0.6 is 0 Å². The third kappa shape index (κ3) is 6.14. The summed E-state index contributed by atoms with van der Waals surface area (Å²) >= 11 is 0. The molecule has 1 aliphatic heterocycles. The first-order chi connectivity index (χ1) is 16.7. The van der Waals surface area contributed by atoms with E-state index >= 15 is 0 Å². The van der Waals surface area contributed by atoms with Crippen molar-refractivity contribution in [3.05, 3.63) is 60.0 Å². The highest BCUT2D eigenvalue weighted by molar-refractivity contribution is 5.75. The molecule has 0 bridgehead atoms. The predicted molar refractivity (Wildman–Crippen MR) is 129 cm³/mol. The third-order valence-electron chi connectivity index (χ3n) is 6.19. The molecule has 2 aromatic carbocycles. The maximum Gasteiger partial charge on any atom is 0.226 e. The van der Waals surface area contributed by atoms with Crippen LogP contribution in [0, 0.1) is 0 Å². The number of nitrogens with zero attached hydrogens (tertiary/aromatic N) is 3. The van der Waals surface area contributed by atoms with E-state index < -0.39 is 0 Å². The van der Waals surface area contributed by atoms with Crippen molar-refractivity contribution in [3.63, 3.8) is 0 Å². The number of hydrogen-bond acceptors (Lipinski definition) is 7. The number of aryl methyl sites for hydroxylation is 1. The number of carbonyl (C=O) groups is 1. The lowest BCUT2D eigenvalue weighted by molar-refractivity contribution is -0.121. The Balaban J connectivity index is 1.26. The molecule has 0 spiro atoms. The highest BCUT2D eigenvalue weighted by Gasteiger charge is 2.24. The van der Waals surface area contributed by atoms with Gasteiger partial charge in [0.1, 0.15) is 11.5 Å². The number of likely N-dealkylation sites (tertiary alicyclic amines) is 1. The number of amides is 1. The van der Waals surface area contributed by atoms with Gasteiger partial charge in [0.05, 0.1) is 20.3 Å². The molecule has 0 saturated carbocycles. The van der Waals surface area contributed by atoms with Crippen LogP contribution in [-0.4, -0.2) is 54.8 Å². The predicted octanol–water partition coefficient (Wildman–Crippen LogP) is 4.03. The van der Waals surface area contributed by atoms with Gasteiger partial charge in [0.25, 0.3) is 0 Å². The zero-order valence-corrected chi connectivity index (χ0v) is 19.8. The smallest absolute Gasteiger partial charge is 0.226 e. The van der Waals surface area contributed by atoms with Crippen molar-refractivity contribution in [2.75, 3.05) is 33.9 Å². The van der Waals surface area contributed by atoms with Gasteiger partial charge in [0.15, 0.2) is 0 Å². The molecule has 3 aromatic rings. The van der Waals surface area contributed by atoms with Crippen LogP contribution in [0.5, 0.6) is 11.5 Å². The summed E-state index contributed by atoms with van der Waals surface area (Å²) in [7, 11) is 3.30. The van der Waals surface area contributed by atoms with E-state index in [1.807, 2.05) is 36.4 Å². The van der Waals surface area contributed by atoms with E-state index in [0.717, 1.165) is 30.2 Å². The number of ether oxygens (including phenoxy) is 2. The molecule has 1 unspecified atom stereocenters. The molecule has 1 N–H and O–H groups in total. The van der Waals surface area contributed by atoms with Crippen molar-refractivity contribution in [1.82, 2.24) is 20.4 Å². The van der Waals surface area contributed by atoms with Gasteiger partial charge in [0, 0.05) is 24.9 Å². The quantitative estimate of drug-likeness (QED) is 0.458. The van der Waals surface area contributed by atoms with E-state index in [-0.39, 0.29) is 11.9 Å².